The van der Waals surface area contributed by atoms with Crippen LogP contribution in [0.4, 0.5) is 11.4 Å². The number of nitro benzene ring substituents is 1. The monoisotopic (exact) mass is 379 g/mol. The molecule has 0 saturated carbocycles. The van der Waals surface area contributed by atoms with Crippen LogP contribution in [0, 0.1) is 10.1 Å². The van der Waals surface area contributed by atoms with E-state index in [4.69, 9.17) is 0 Å². The number of nitrogens with one attached hydrogen (secondary N) is 1. The third-order valence-corrected chi connectivity index (χ3v) is 4.30. The van der Waals surface area contributed by atoms with E-state index in [1.807, 2.05) is 41.2 Å². The second-order valence-corrected chi connectivity index (χ2v) is 6.56. The Hall–Kier alpha value is -3.68. The van der Waals surface area contributed by atoms with Gasteiger partial charge in [-0.05, 0) is 29.3 Å². The fourth-order valence-electron chi connectivity index (χ4n) is 2.82. The number of rotatable bonds is 7. The fourth-order valence-corrected chi connectivity index (χ4v) is 2.82. The Bertz CT molecular complexity index is 966. The van der Waals surface area contributed by atoms with Crippen LogP contribution in [-0.4, -0.2) is 34.7 Å². The zero-order chi connectivity index (χ0) is 20.1. The lowest BCUT2D eigenvalue weighted by atomic mass is 10.1. The van der Waals surface area contributed by atoms with Crippen LogP contribution < -0.4 is 10.2 Å². The topological polar surface area (TPSA) is 93.3 Å². The molecule has 1 heterocycles. The molecule has 1 aromatic heterocycles. The second-order valence-electron chi connectivity index (χ2n) is 6.56. The van der Waals surface area contributed by atoms with Crippen molar-refractivity contribution < 1.29 is 9.72 Å². The Morgan fingerprint density at radius 2 is 1.89 bits per heavy atom. The molecule has 3 aromatic rings. The molecule has 2 aromatic carbocycles. The van der Waals surface area contributed by atoms with Gasteiger partial charge in [-0.1, -0.05) is 24.3 Å². The summed E-state index contributed by atoms with van der Waals surface area (Å²) >= 11 is 0. The van der Waals surface area contributed by atoms with Gasteiger partial charge in [-0.15, -0.1) is 0 Å². The van der Waals surface area contributed by atoms with Gasteiger partial charge in [0, 0.05) is 44.7 Å². The van der Waals surface area contributed by atoms with Crippen LogP contribution in [0.25, 0.3) is 0 Å². The first-order chi connectivity index (χ1) is 13.4. The van der Waals surface area contributed by atoms with E-state index in [0.717, 1.165) is 11.1 Å². The van der Waals surface area contributed by atoms with Gasteiger partial charge >= 0.3 is 0 Å². The zero-order valence-electron chi connectivity index (χ0n) is 15.7. The van der Waals surface area contributed by atoms with Crippen molar-refractivity contribution in [3.63, 3.8) is 0 Å². The van der Waals surface area contributed by atoms with Gasteiger partial charge in [0.25, 0.3) is 11.6 Å². The summed E-state index contributed by atoms with van der Waals surface area (Å²) in [5, 5.41) is 18.2. The highest BCUT2D eigenvalue weighted by Crippen LogP contribution is 2.27. The summed E-state index contributed by atoms with van der Waals surface area (Å²) in [4.78, 5) is 24.8. The van der Waals surface area contributed by atoms with Gasteiger partial charge in [0.2, 0.25) is 0 Å². The Morgan fingerprint density at radius 1 is 1.18 bits per heavy atom. The van der Waals surface area contributed by atoms with E-state index in [2.05, 4.69) is 10.4 Å². The van der Waals surface area contributed by atoms with Crippen LogP contribution in [0.15, 0.2) is 60.9 Å². The van der Waals surface area contributed by atoms with E-state index >= 15 is 0 Å². The van der Waals surface area contributed by atoms with Crippen molar-refractivity contribution in [2.75, 3.05) is 19.0 Å². The molecule has 0 radical (unpaired) electrons. The van der Waals surface area contributed by atoms with Crippen molar-refractivity contribution in [1.29, 1.82) is 0 Å². The predicted octanol–water partition coefficient (Wildman–Crippen LogP) is 2.84. The molecule has 0 fully saturated rings. The first kappa shape index (κ1) is 19.1. The summed E-state index contributed by atoms with van der Waals surface area (Å²) < 4.78 is 1.83. The highest BCUT2D eigenvalue weighted by atomic mass is 16.6. The van der Waals surface area contributed by atoms with E-state index in [-0.39, 0.29) is 17.2 Å². The van der Waals surface area contributed by atoms with Crippen molar-refractivity contribution in [3.05, 3.63) is 87.7 Å². The van der Waals surface area contributed by atoms with Crippen LogP contribution in [0.5, 0.6) is 0 Å². The molecular weight excluding hydrogens is 358 g/mol. The normalized spacial score (nSPS) is 10.5. The lowest BCUT2D eigenvalue weighted by Gasteiger charge is -2.13. The smallest absolute Gasteiger partial charge is 0.293 e. The van der Waals surface area contributed by atoms with Crippen LogP contribution in [0.2, 0.25) is 0 Å². The number of amides is 1. The first-order valence-corrected chi connectivity index (χ1v) is 8.73. The average Bonchev–Trinajstić information content (AvgIpc) is 3.19. The molecule has 8 heteroatoms. The molecule has 0 unspecified atom stereocenters. The van der Waals surface area contributed by atoms with E-state index in [1.165, 1.54) is 6.07 Å². The van der Waals surface area contributed by atoms with E-state index in [1.54, 1.807) is 37.3 Å². The molecule has 0 saturated heterocycles. The number of anilines is 1. The molecule has 0 atom stereocenters. The lowest BCUT2D eigenvalue weighted by Crippen LogP contribution is -2.23. The first-order valence-electron chi connectivity index (χ1n) is 8.73. The standard InChI is InChI=1S/C20H21N5O3/c1-23(2)18-9-8-17(12-19(18)25(27)28)20(26)21-13-15-4-6-16(7-5-15)14-24-11-3-10-22-24/h3-12H,13-14H2,1-2H3,(H,21,26). The van der Waals surface area contributed by atoms with Gasteiger partial charge in [0.05, 0.1) is 11.5 Å². The maximum absolute atomic E-state index is 12.4. The van der Waals surface area contributed by atoms with Crippen LogP contribution in [-0.2, 0) is 13.1 Å². The molecule has 28 heavy (non-hydrogen) atoms. The minimum absolute atomic E-state index is 0.0966. The number of hydrogen-bond acceptors (Lipinski definition) is 5. The van der Waals surface area contributed by atoms with Crippen molar-refractivity contribution in [1.82, 2.24) is 15.1 Å². The van der Waals surface area contributed by atoms with E-state index < -0.39 is 4.92 Å². The van der Waals surface area contributed by atoms with Crippen LogP contribution in [0.3, 0.4) is 0 Å². The Labute approximate surface area is 162 Å². The molecule has 144 valence electrons. The average molecular weight is 379 g/mol. The quantitative estimate of drug-likeness (QED) is 0.503. The molecule has 0 aliphatic carbocycles. The summed E-state index contributed by atoms with van der Waals surface area (Å²) in [6.07, 6.45) is 3.63. The Kier molecular flexibility index (Phi) is 5.69. The maximum Gasteiger partial charge on any atom is 0.293 e. The lowest BCUT2D eigenvalue weighted by molar-refractivity contribution is -0.384. The summed E-state index contributed by atoms with van der Waals surface area (Å²) in [6, 6.07) is 14.2. The molecule has 0 spiro atoms. The fraction of sp³-hybridized carbons (Fsp3) is 0.200. The number of benzene rings is 2. The van der Waals surface area contributed by atoms with Crippen LogP contribution >= 0.6 is 0 Å². The van der Waals surface area contributed by atoms with Gasteiger partial charge in [0.1, 0.15) is 5.69 Å². The van der Waals surface area contributed by atoms with E-state index in [9.17, 15) is 14.9 Å². The largest absolute Gasteiger partial charge is 0.372 e. The molecule has 0 bridgehead atoms. The number of nitrogens with zero attached hydrogens (tertiary/aromatic N) is 4. The summed E-state index contributed by atoms with van der Waals surface area (Å²) in [6.45, 7) is 1.02. The SMILES string of the molecule is CN(C)c1ccc(C(=O)NCc2ccc(Cn3cccn3)cc2)cc1[N+](=O)[O-]. The van der Waals surface area contributed by atoms with Crippen molar-refractivity contribution in [2.24, 2.45) is 0 Å². The molecule has 8 nitrogen and oxygen atoms in total. The third-order valence-electron chi connectivity index (χ3n) is 4.30. The zero-order valence-corrected chi connectivity index (χ0v) is 15.7. The molecule has 3 rings (SSSR count). The summed E-state index contributed by atoms with van der Waals surface area (Å²) in [5.41, 5.74) is 2.66. The maximum atomic E-state index is 12.4. The second kappa shape index (κ2) is 8.34. The molecule has 0 aliphatic heterocycles. The van der Waals surface area contributed by atoms with Gasteiger partial charge < -0.3 is 10.2 Å². The third kappa shape index (κ3) is 4.53. The number of carbonyl (C=O) groups is 1. The Balaban J connectivity index is 1.63. The van der Waals surface area contributed by atoms with E-state index in [0.29, 0.717) is 18.8 Å². The molecular formula is C20H21N5O3. The van der Waals surface area contributed by atoms with Gasteiger partial charge in [0.15, 0.2) is 0 Å². The van der Waals surface area contributed by atoms with Gasteiger partial charge in [-0.25, -0.2) is 0 Å². The predicted molar refractivity (Wildman–Crippen MR) is 106 cm³/mol. The molecule has 0 aliphatic rings. The molecule has 1 amide bonds. The van der Waals surface area contributed by atoms with Gasteiger partial charge in [-0.3, -0.25) is 19.6 Å². The van der Waals surface area contributed by atoms with Crippen LogP contribution in [0.1, 0.15) is 21.5 Å². The minimum atomic E-state index is -0.482. The summed E-state index contributed by atoms with van der Waals surface area (Å²) in [7, 11) is 3.44. The van der Waals surface area contributed by atoms with Crippen molar-refractivity contribution in [3.8, 4) is 0 Å². The van der Waals surface area contributed by atoms with Crippen molar-refractivity contribution >= 4 is 17.3 Å². The highest BCUT2D eigenvalue weighted by Gasteiger charge is 2.18. The summed E-state index contributed by atoms with van der Waals surface area (Å²) in [5.74, 6) is -0.353. The number of hydrogen-bond donors (Lipinski definition) is 1. The number of carbonyl (C=O) groups excluding carboxylic acids is 1. The highest BCUT2D eigenvalue weighted by molar-refractivity contribution is 5.95. The van der Waals surface area contributed by atoms with Crippen molar-refractivity contribution in [2.45, 2.75) is 13.1 Å². The Morgan fingerprint density at radius 3 is 2.50 bits per heavy atom. The molecule has 1 N–H and O–H groups in total. The minimum Gasteiger partial charge on any atom is -0.372 e. The number of aromatic nitrogens is 2. The van der Waals surface area contributed by atoms with Gasteiger partial charge in [-0.2, -0.15) is 5.10 Å². The number of nitro groups is 1.